The maximum atomic E-state index is 14.2. The van der Waals surface area contributed by atoms with Gasteiger partial charge >= 0.3 is 5.69 Å². The molecule has 2 rings (SSSR count). The van der Waals surface area contributed by atoms with E-state index in [9.17, 15) is 18.9 Å². The smallest absolute Gasteiger partial charge is 0.308 e. The number of hydrogen-bond donors (Lipinski definition) is 2. The molecule has 0 unspecified atom stereocenters. The van der Waals surface area contributed by atoms with Crippen LogP contribution in [0.2, 0.25) is 0 Å². The molecule has 0 fully saturated rings. The van der Waals surface area contributed by atoms with Crippen molar-refractivity contribution in [3.8, 4) is 11.3 Å². The Hall–Kier alpha value is -2.51. The van der Waals surface area contributed by atoms with Crippen LogP contribution in [0.4, 0.5) is 20.3 Å². The van der Waals surface area contributed by atoms with Gasteiger partial charge in [0, 0.05) is 11.1 Å². The van der Waals surface area contributed by atoms with Crippen molar-refractivity contribution in [3.05, 3.63) is 39.4 Å². The lowest BCUT2D eigenvalue weighted by Gasteiger charge is -2.08. The molecule has 0 aliphatic rings. The van der Waals surface area contributed by atoms with Crippen LogP contribution in [0, 0.1) is 27.7 Å². The van der Waals surface area contributed by atoms with Crippen molar-refractivity contribution in [1.82, 2.24) is 10.2 Å². The van der Waals surface area contributed by atoms with Crippen molar-refractivity contribution in [2.75, 3.05) is 5.73 Å². The number of H-pyrrole nitrogens is 1. The Kier molecular flexibility index (Phi) is 3.88. The number of aromatic nitrogens is 2. The van der Waals surface area contributed by atoms with Crippen LogP contribution in [0.3, 0.4) is 0 Å². The number of nitro groups is 1. The van der Waals surface area contributed by atoms with Crippen LogP contribution in [0.25, 0.3) is 11.3 Å². The molecule has 1 aromatic heterocycles. The zero-order valence-electron chi connectivity index (χ0n) is 11.5. The van der Waals surface area contributed by atoms with Crippen LogP contribution < -0.4 is 5.73 Å². The summed E-state index contributed by atoms with van der Waals surface area (Å²) in [5.41, 5.74) is 5.23. The molecule has 112 valence electrons. The molecule has 1 aromatic carbocycles. The summed E-state index contributed by atoms with van der Waals surface area (Å²) in [4.78, 5) is 9.81. The van der Waals surface area contributed by atoms with Crippen LogP contribution in [-0.4, -0.2) is 15.1 Å². The molecule has 1 heterocycles. The summed E-state index contributed by atoms with van der Waals surface area (Å²) in [5.74, 6) is -1.64. The fourth-order valence-electron chi connectivity index (χ4n) is 2.11. The molecular weight excluding hydrogens is 282 g/mol. The Balaban J connectivity index is 2.65. The first-order valence-electron chi connectivity index (χ1n) is 6.27. The van der Waals surface area contributed by atoms with E-state index in [1.807, 2.05) is 13.8 Å². The number of nitrogens with two attached hydrogens (primary N) is 1. The van der Waals surface area contributed by atoms with Gasteiger partial charge in [-0.1, -0.05) is 13.8 Å². The van der Waals surface area contributed by atoms with Crippen molar-refractivity contribution in [2.24, 2.45) is 5.92 Å². The van der Waals surface area contributed by atoms with Crippen LogP contribution in [0.5, 0.6) is 0 Å². The third-order valence-corrected chi connectivity index (χ3v) is 3.00. The lowest BCUT2D eigenvalue weighted by molar-refractivity contribution is -0.387. The lowest BCUT2D eigenvalue weighted by atomic mass is 9.98. The summed E-state index contributed by atoms with van der Waals surface area (Å²) in [5, 5.41) is 17.1. The van der Waals surface area contributed by atoms with Gasteiger partial charge in [-0.05, 0) is 18.4 Å². The summed E-state index contributed by atoms with van der Waals surface area (Å²) in [7, 11) is 0. The van der Waals surface area contributed by atoms with E-state index in [1.54, 1.807) is 0 Å². The third-order valence-electron chi connectivity index (χ3n) is 3.00. The number of benzene rings is 1. The molecule has 0 saturated heterocycles. The predicted octanol–water partition coefficient (Wildman–Crippen LogP) is 3.04. The maximum Gasteiger partial charge on any atom is 0.308 e. The largest absolute Gasteiger partial charge is 0.382 e. The highest BCUT2D eigenvalue weighted by Gasteiger charge is 2.24. The normalized spacial score (nSPS) is 11.1. The monoisotopic (exact) mass is 296 g/mol. The van der Waals surface area contributed by atoms with Gasteiger partial charge < -0.3 is 5.73 Å². The van der Waals surface area contributed by atoms with Crippen LogP contribution >= 0.6 is 0 Å². The zero-order valence-corrected chi connectivity index (χ0v) is 11.5. The molecule has 0 atom stereocenters. The summed E-state index contributed by atoms with van der Waals surface area (Å²) in [6.07, 6.45) is 0.488. The molecular formula is C13H14F2N4O2. The number of rotatable bonds is 4. The number of nitrogens with zero attached hydrogens (tertiary/aromatic N) is 2. The van der Waals surface area contributed by atoms with Crippen LogP contribution in [0.1, 0.15) is 19.4 Å². The molecule has 21 heavy (non-hydrogen) atoms. The fraction of sp³-hybridized carbons (Fsp3) is 0.308. The molecule has 0 aliphatic carbocycles. The highest BCUT2D eigenvalue weighted by atomic mass is 19.1. The average molecular weight is 296 g/mol. The van der Waals surface area contributed by atoms with Gasteiger partial charge in [0.2, 0.25) is 5.82 Å². The van der Waals surface area contributed by atoms with Crippen molar-refractivity contribution in [1.29, 1.82) is 0 Å². The molecule has 6 nitrogen and oxygen atoms in total. The van der Waals surface area contributed by atoms with Gasteiger partial charge in [0.25, 0.3) is 0 Å². The second-order valence-electron chi connectivity index (χ2n) is 5.10. The number of halogens is 2. The molecule has 0 bridgehead atoms. The van der Waals surface area contributed by atoms with Crippen LogP contribution in [-0.2, 0) is 6.42 Å². The van der Waals surface area contributed by atoms with E-state index in [-0.39, 0.29) is 23.0 Å². The van der Waals surface area contributed by atoms with Gasteiger partial charge in [-0.2, -0.15) is 9.49 Å². The highest BCUT2D eigenvalue weighted by Crippen LogP contribution is 2.33. The van der Waals surface area contributed by atoms with Crippen LogP contribution in [0.15, 0.2) is 12.1 Å². The number of nitro benzene ring substituents is 1. The van der Waals surface area contributed by atoms with E-state index in [0.717, 1.165) is 6.07 Å². The number of nitrogen functional groups attached to an aromatic ring is 1. The first-order valence-corrected chi connectivity index (χ1v) is 6.27. The molecule has 0 aliphatic heterocycles. The Morgan fingerprint density at radius 2 is 2.10 bits per heavy atom. The van der Waals surface area contributed by atoms with Crippen molar-refractivity contribution in [3.63, 3.8) is 0 Å². The molecule has 0 saturated carbocycles. The summed E-state index contributed by atoms with van der Waals surface area (Å²) in [6.45, 7) is 3.86. The predicted molar refractivity (Wildman–Crippen MR) is 73.5 cm³/mol. The molecule has 0 radical (unpaired) electrons. The molecule has 0 spiro atoms. The fourth-order valence-corrected chi connectivity index (χ4v) is 2.11. The first-order chi connectivity index (χ1) is 9.81. The minimum absolute atomic E-state index is 0.168. The SMILES string of the molecule is CC(C)Cc1c(N)n[nH]c1-c1cc(F)cc([N+](=O)[O-])c1F. The van der Waals surface area contributed by atoms with Crippen molar-refractivity contribution < 1.29 is 13.7 Å². The second-order valence-corrected chi connectivity index (χ2v) is 5.10. The minimum Gasteiger partial charge on any atom is -0.382 e. The van der Waals surface area contributed by atoms with E-state index in [1.165, 1.54) is 0 Å². The molecule has 3 N–H and O–H groups in total. The Morgan fingerprint density at radius 3 is 2.67 bits per heavy atom. The molecule has 8 heteroatoms. The van der Waals surface area contributed by atoms with Gasteiger partial charge in [-0.25, -0.2) is 4.39 Å². The van der Waals surface area contributed by atoms with E-state index in [0.29, 0.717) is 18.1 Å². The summed E-state index contributed by atoms with van der Waals surface area (Å²) < 4.78 is 27.7. The van der Waals surface area contributed by atoms with Gasteiger partial charge in [0.1, 0.15) is 11.6 Å². The van der Waals surface area contributed by atoms with Gasteiger partial charge in [0.15, 0.2) is 0 Å². The Morgan fingerprint density at radius 1 is 1.43 bits per heavy atom. The third kappa shape index (κ3) is 2.83. The van der Waals surface area contributed by atoms with Crippen molar-refractivity contribution >= 4 is 11.5 Å². The van der Waals surface area contributed by atoms with Crippen molar-refractivity contribution in [2.45, 2.75) is 20.3 Å². The molecule has 0 amide bonds. The summed E-state index contributed by atoms with van der Waals surface area (Å²) in [6, 6.07) is 1.43. The standard InChI is InChI=1S/C13H14F2N4O2/c1-6(2)3-9-12(17-18-13(9)16)8-4-7(14)5-10(11(8)15)19(20)21/h4-6H,3H2,1-2H3,(H3,16,17,18). The van der Waals surface area contributed by atoms with E-state index < -0.39 is 22.2 Å². The average Bonchev–Trinajstić information content (AvgIpc) is 2.73. The van der Waals surface area contributed by atoms with Gasteiger partial charge in [-0.15, -0.1) is 0 Å². The first kappa shape index (κ1) is 14.9. The molecule has 2 aromatic rings. The number of aromatic amines is 1. The van der Waals surface area contributed by atoms with E-state index in [2.05, 4.69) is 10.2 Å². The van der Waals surface area contributed by atoms with Gasteiger partial charge in [-0.3, -0.25) is 15.2 Å². The minimum atomic E-state index is -1.12. The summed E-state index contributed by atoms with van der Waals surface area (Å²) >= 11 is 0. The zero-order chi connectivity index (χ0) is 15.7. The maximum absolute atomic E-state index is 14.2. The lowest BCUT2D eigenvalue weighted by Crippen LogP contribution is -2.01. The number of anilines is 1. The quantitative estimate of drug-likeness (QED) is 0.669. The van der Waals surface area contributed by atoms with E-state index >= 15 is 0 Å². The number of nitrogens with one attached hydrogen (secondary N) is 1. The Bertz CT molecular complexity index is 698. The van der Waals surface area contributed by atoms with E-state index in [4.69, 9.17) is 5.73 Å². The second kappa shape index (κ2) is 5.47. The van der Waals surface area contributed by atoms with Gasteiger partial charge in [0.05, 0.1) is 16.7 Å². The Labute approximate surface area is 119 Å². The topological polar surface area (TPSA) is 97.8 Å². The number of hydrogen-bond acceptors (Lipinski definition) is 4. The highest BCUT2D eigenvalue weighted by molar-refractivity contribution is 5.71.